The van der Waals surface area contributed by atoms with Crippen LogP contribution in [0.25, 0.3) is 0 Å². The van der Waals surface area contributed by atoms with E-state index in [9.17, 15) is 28.8 Å². The molecule has 0 radical (unpaired) electrons. The Kier molecular flexibility index (Phi) is 19.6. The zero-order valence-electron chi connectivity index (χ0n) is 41.9. The molecule has 0 aromatic heterocycles. The first-order chi connectivity index (χ1) is 35.9. The maximum Gasteiger partial charge on any atom is 0.253 e. The first-order valence-corrected chi connectivity index (χ1v) is 25.6. The predicted molar refractivity (Wildman–Crippen MR) is 287 cm³/mol. The van der Waals surface area contributed by atoms with Gasteiger partial charge < -0.3 is 28.9 Å². The molecule has 6 aromatic carbocycles. The van der Waals surface area contributed by atoms with Gasteiger partial charge in [0.1, 0.15) is 5.75 Å². The van der Waals surface area contributed by atoms with Crippen LogP contribution in [0.5, 0.6) is 17.2 Å². The summed E-state index contributed by atoms with van der Waals surface area (Å²) in [5, 5.41) is 0.799. The first-order valence-electron chi connectivity index (χ1n) is 24.9. The Bertz CT molecular complexity index is 2900. The average Bonchev–Trinajstić information content (AvgIpc) is 3.47. The van der Waals surface area contributed by atoms with Gasteiger partial charge in [-0.1, -0.05) is 89.9 Å². The average molecular weight is 1040 g/mol. The largest absolute Gasteiger partial charge is 0.497 e. The van der Waals surface area contributed by atoms with Crippen LogP contribution in [0.1, 0.15) is 101 Å². The van der Waals surface area contributed by atoms with Gasteiger partial charge in [0.15, 0.2) is 28.8 Å². The van der Waals surface area contributed by atoms with Crippen LogP contribution >= 0.6 is 23.2 Å². The maximum absolute atomic E-state index is 12.9. The molecule has 0 spiro atoms. The number of rotatable bonds is 12. The zero-order valence-corrected chi connectivity index (χ0v) is 43.4. The van der Waals surface area contributed by atoms with Crippen LogP contribution in [0.3, 0.4) is 0 Å². The van der Waals surface area contributed by atoms with E-state index in [0.29, 0.717) is 99.9 Å². The van der Waals surface area contributed by atoms with Gasteiger partial charge in [-0.25, -0.2) is 0 Å². The number of hydrogen-bond donors (Lipinski definition) is 0. The van der Waals surface area contributed by atoms with E-state index in [-0.39, 0.29) is 52.8 Å². The molecular weight excluding hydrogens is 978 g/mol. The summed E-state index contributed by atoms with van der Waals surface area (Å²) < 4.78 is 15.7. The number of carbonyl (C=O) groups is 6. The molecule has 3 saturated heterocycles. The summed E-state index contributed by atoms with van der Waals surface area (Å²) in [5.74, 6) is 1.33. The van der Waals surface area contributed by atoms with Crippen LogP contribution in [0.4, 0.5) is 0 Å². The van der Waals surface area contributed by atoms with Crippen LogP contribution in [0, 0.1) is 17.8 Å². The third-order valence-electron chi connectivity index (χ3n) is 13.5. The fraction of sp³-hybridized carbons (Fsp3) is 0.300. The second kappa shape index (κ2) is 26.6. The number of Topliss-reactive ketones (excluding diaryl/α,β-unsaturated/α-hetero) is 3. The number of piperidine rings is 3. The van der Waals surface area contributed by atoms with Gasteiger partial charge in [-0.2, -0.15) is 0 Å². The molecule has 3 amide bonds. The molecule has 3 heterocycles. The van der Waals surface area contributed by atoms with Crippen molar-refractivity contribution in [2.45, 2.75) is 38.5 Å². The summed E-state index contributed by atoms with van der Waals surface area (Å²) in [4.78, 5) is 81.6. The summed E-state index contributed by atoms with van der Waals surface area (Å²) >= 11 is 11.9. The van der Waals surface area contributed by atoms with Crippen LogP contribution in [-0.4, -0.2) is 110 Å². The summed E-state index contributed by atoms with van der Waals surface area (Å²) in [6.45, 7) is 3.43. The summed E-state index contributed by atoms with van der Waals surface area (Å²) in [7, 11) is 4.70. The minimum absolute atomic E-state index is 0.00116. The van der Waals surface area contributed by atoms with E-state index in [4.69, 9.17) is 37.4 Å². The molecule has 12 nitrogen and oxygen atoms in total. The molecule has 6 aromatic rings. The second-order valence-corrected chi connectivity index (χ2v) is 19.2. The van der Waals surface area contributed by atoms with Crippen molar-refractivity contribution in [2.75, 3.05) is 60.6 Å². The highest BCUT2D eigenvalue weighted by Crippen LogP contribution is 2.31. The normalized spacial score (nSPS) is 17.3. The van der Waals surface area contributed by atoms with Crippen molar-refractivity contribution in [3.8, 4) is 17.2 Å². The number of nitrogens with zero attached hydrogens (tertiary/aromatic N) is 3. The Balaban J connectivity index is 0.000000162. The highest BCUT2D eigenvalue weighted by atomic mass is 35.5. The number of hydrogen-bond acceptors (Lipinski definition) is 9. The van der Waals surface area contributed by atoms with Crippen LogP contribution in [0.2, 0.25) is 10.0 Å². The number of benzene rings is 6. The number of ether oxygens (including phenoxy) is 3. The van der Waals surface area contributed by atoms with Crippen molar-refractivity contribution >= 4 is 58.3 Å². The fourth-order valence-electron chi connectivity index (χ4n) is 9.54. The van der Waals surface area contributed by atoms with Gasteiger partial charge in [-0.3, -0.25) is 28.8 Å². The van der Waals surface area contributed by atoms with Crippen LogP contribution in [-0.2, 0) is 0 Å². The molecule has 0 aliphatic carbocycles. The fourth-order valence-corrected chi connectivity index (χ4v) is 9.84. The Morgan fingerprint density at radius 3 is 1.16 bits per heavy atom. The molecule has 384 valence electrons. The molecule has 9 rings (SSSR count). The first kappa shape index (κ1) is 54.5. The monoisotopic (exact) mass is 1040 g/mol. The van der Waals surface area contributed by atoms with Gasteiger partial charge in [-0.15, -0.1) is 0 Å². The lowest BCUT2D eigenvalue weighted by atomic mass is 9.89. The molecule has 0 N–H and O–H groups in total. The van der Waals surface area contributed by atoms with Gasteiger partial charge >= 0.3 is 0 Å². The van der Waals surface area contributed by atoms with E-state index < -0.39 is 0 Å². The predicted octanol–water partition coefficient (Wildman–Crippen LogP) is 11.6. The van der Waals surface area contributed by atoms with Gasteiger partial charge in [0.25, 0.3) is 17.7 Å². The molecule has 3 aliphatic heterocycles. The maximum atomic E-state index is 12.9. The highest BCUT2D eigenvalue weighted by Gasteiger charge is 2.32. The van der Waals surface area contributed by atoms with Crippen molar-refractivity contribution in [3.63, 3.8) is 0 Å². The van der Waals surface area contributed by atoms with Gasteiger partial charge in [0.2, 0.25) is 0 Å². The van der Waals surface area contributed by atoms with Crippen molar-refractivity contribution in [1.29, 1.82) is 0 Å². The lowest BCUT2D eigenvalue weighted by Crippen LogP contribution is -2.42. The standard InChI is InChI=1S/C21H23NO4.C20H21NO3.C19H17Cl2NO2/c1-25-18-11-10-16(13-19(18)26-2)20(23)17-9-6-12-22(14-17)21(24)15-7-4-3-5-8-15;1-24-18-11-5-9-16(13-18)19(22)17-10-6-12-21(14-17)20(23)15-7-3-2-4-8-15;20-16-9-8-14(11-17(16)21)18(23)15-7-4-10-22(12-15)19(24)13-5-2-1-3-6-13/h3-5,7-8,10-11,13,17H,6,9,12,14H2,1-2H3;2-5,7-9,11,13,17H,6,10,12,14H2,1H3;1-3,5-6,8-9,11,15H,4,7,10,12H2. The van der Waals surface area contributed by atoms with Gasteiger partial charge in [0.05, 0.1) is 31.4 Å². The number of ketones is 3. The highest BCUT2D eigenvalue weighted by molar-refractivity contribution is 6.42. The summed E-state index contributed by atoms with van der Waals surface area (Å²) in [5.41, 5.74) is 3.76. The van der Waals surface area contributed by atoms with Gasteiger partial charge in [0, 0.05) is 90.4 Å². The number of halogens is 2. The molecule has 0 saturated carbocycles. The van der Waals surface area contributed by atoms with Crippen molar-refractivity contribution in [1.82, 2.24) is 14.7 Å². The van der Waals surface area contributed by atoms with E-state index in [1.165, 1.54) is 0 Å². The van der Waals surface area contributed by atoms with E-state index in [1.54, 1.807) is 90.6 Å². The smallest absolute Gasteiger partial charge is 0.253 e. The van der Waals surface area contributed by atoms with Crippen LogP contribution < -0.4 is 14.2 Å². The SMILES string of the molecule is COc1ccc(C(=O)C2CCCN(C(=O)c3ccccc3)C2)cc1OC.COc1cccc(C(=O)C2CCCN(C(=O)c3ccccc3)C2)c1.O=C(c1ccc(Cl)c(Cl)c1)C1CCCN(C(=O)c2ccccc2)C1. The topological polar surface area (TPSA) is 140 Å². The summed E-state index contributed by atoms with van der Waals surface area (Å²) in [6, 6.07) is 44.9. The molecule has 3 atom stereocenters. The quantitative estimate of drug-likeness (QED) is 0.110. The van der Waals surface area contributed by atoms with Crippen LogP contribution in [0.15, 0.2) is 152 Å². The Hall–Kier alpha value is -7.28. The van der Waals surface area contributed by atoms with Gasteiger partial charge in [-0.05, 0) is 123 Å². The van der Waals surface area contributed by atoms with Crippen molar-refractivity contribution in [2.24, 2.45) is 17.8 Å². The molecular formula is C60H61Cl2N3O9. The molecule has 3 aliphatic rings. The minimum Gasteiger partial charge on any atom is -0.497 e. The molecule has 3 fully saturated rings. The molecule has 3 unspecified atom stereocenters. The number of likely N-dealkylation sites (tertiary alicyclic amines) is 3. The van der Waals surface area contributed by atoms with E-state index >= 15 is 0 Å². The number of amides is 3. The molecule has 74 heavy (non-hydrogen) atoms. The van der Waals surface area contributed by atoms with Crippen molar-refractivity contribution in [3.05, 3.63) is 195 Å². The third-order valence-corrected chi connectivity index (χ3v) is 14.3. The zero-order chi connectivity index (χ0) is 52.6. The third kappa shape index (κ3) is 14.1. The number of carbonyl (C=O) groups excluding carboxylic acids is 6. The van der Waals surface area contributed by atoms with Crippen molar-refractivity contribution < 1.29 is 43.0 Å². The Morgan fingerprint density at radius 1 is 0.392 bits per heavy atom. The molecule has 0 bridgehead atoms. The summed E-state index contributed by atoms with van der Waals surface area (Å²) in [6.07, 6.45) is 4.86. The second-order valence-electron chi connectivity index (χ2n) is 18.4. The Morgan fingerprint density at radius 2 is 0.770 bits per heavy atom. The lowest BCUT2D eigenvalue weighted by Gasteiger charge is -2.32. The minimum atomic E-state index is -0.205. The van der Waals surface area contributed by atoms with E-state index in [2.05, 4.69) is 0 Å². The Labute approximate surface area is 443 Å². The van der Waals surface area contributed by atoms with E-state index in [0.717, 1.165) is 38.5 Å². The van der Waals surface area contributed by atoms with E-state index in [1.807, 2.05) is 97.1 Å². The number of methoxy groups -OCH3 is 3. The lowest BCUT2D eigenvalue weighted by molar-refractivity contribution is 0.0624. The molecule has 14 heteroatoms.